The number of benzene rings is 1. The number of halogens is 1. The first-order valence-electron chi connectivity index (χ1n) is 8.34. The number of hydrogen-bond acceptors (Lipinski definition) is 5. The summed E-state index contributed by atoms with van der Waals surface area (Å²) in [7, 11) is -3.14. The summed E-state index contributed by atoms with van der Waals surface area (Å²) in [5.74, 6) is -1.50. The van der Waals surface area contributed by atoms with Crippen molar-refractivity contribution in [2.75, 3.05) is 16.4 Å². The zero-order valence-corrected chi connectivity index (χ0v) is 18.0. The van der Waals surface area contributed by atoms with Gasteiger partial charge in [-0.25, -0.2) is 8.42 Å². The van der Waals surface area contributed by atoms with Crippen LogP contribution in [0.3, 0.4) is 0 Å². The van der Waals surface area contributed by atoms with Gasteiger partial charge in [-0.2, -0.15) is 4.99 Å². The molecule has 2 heterocycles. The van der Waals surface area contributed by atoms with Crippen LogP contribution < -0.4 is 4.90 Å². The van der Waals surface area contributed by atoms with E-state index in [1.54, 1.807) is 0 Å². The summed E-state index contributed by atoms with van der Waals surface area (Å²) in [4.78, 5) is 28.8. The quantitative estimate of drug-likeness (QED) is 0.714. The number of nitrogens with zero attached hydrogens (tertiary/aromatic N) is 2. The predicted molar refractivity (Wildman–Crippen MR) is 109 cm³/mol. The molecular formula is C17H19BrN2O5S2. The van der Waals surface area contributed by atoms with Crippen LogP contribution in [-0.2, 0) is 19.4 Å². The number of aryl methyl sites for hydroxylation is 2. The Morgan fingerprint density at radius 1 is 1.26 bits per heavy atom. The molecule has 0 aliphatic carbocycles. The number of amides is 1. The van der Waals surface area contributed by atoms with Crippen molar-refractivity contribution in [3.8, 4) is 0 Å². The Kier molecular flexibility index (Phi) is 5.69. The summed E-state index contributed by atoms with van der Waals surface area (Å²) in [5.41, 5.74) is 2.73. The topological polar surface area (TPSA) is 104 Å². The molecule has 0 spiro atoms. The number of anilines is 1. The number of sulfone groups is 1. The number of rotatable bonds is 4. The summed E-state index contributed by atoms with van der Waals surface area (Å²) in [5, 5.41) is 9.01. The highest BCUT2D eigenvalue weighted by molar-refractivity contribution is 9.10. The van der Waals surface area contributed by atoms with Gasteiger partial charge >= 0.3 is 5.97 Å². The molecule has 146 valence electrons. The van der Waals surface area contributed by atoms with Crippen LogP contribution in [-0.4, -0.2) is 53.4 Å². The summed E-state index contributed by atoms with van der Waals surface area (Å²) in [6, 6.07) is 3.59. The maximum absolute atomic E-state index is 12.1. The number of carboxylic acid groups (broad SMARTS) is 1. The van der Waals surface area contributed by atoms with Gasteiger partial charge in [0.1, 0.15) is 0 Å². The van der Waals surface area contributed by atoms with E-state index in [9.17, 15) is 18.0 Å². The molecule has 27 heavy (non-hydrogen) atoms. The third kappa shape index (κ3) is 4.38. The van der Waals surface area contributed by atoms with Crippen LogP contribution in [0.4, 0.5) is 5.69 Å². The summed E-state index contributed by atoms with van der Waals surface area (Å²) in [6.07, 6.45) is -0.461. The summed E-state index contributed by atoms with van der Waals surface area (Å²) in [6.45, 7) is 3.86. The van der Waals surface area contributed by atoms with Crippen LogP contribution >= 0.6 is 27.7 Å². The minimum Gasteiger partial charge on any atom is -0.481 e. The highest BCUT2D eigenvalue weighted by Gasteiger charge is 2.50. The Hall–Kier alpha value is -1.39. The molecule has 7 nitrogen and oxygen atoms in total. The molecule has 1 amide bonds. The Morgan fingerprint density at radius 2 is 1.89 bits per heavy atom. The van der Waals surface area contributed by atoms with Crippen LogP contribution in [0.1, 0.15) is 24.0 Å². The first-order chi connectivity index (χ1) is 12.6. The lowest BCUT2D eigenvalue weighted by Gasteiger charge is -2.28. The Bertz CT molecular complexity index is 922. The van der Waals surface area contributed by atoms with Crippen molar-refractivity contribution in [3.63, 3.8) is 0 Å². The molecule has 2 fully saturated rings. The average molecular weight is 475 g/mol. The highest BCUT2D eigenvalue weighted by atomic mass is 79.9. The van der Waals surface area contributed by atoms with Crippen molar-refractivity contribution in [3.05, 3.63) is 27.7 Å². The minimum absolute atomic E-state index is 0.0158. The second-order valence-electron chi connectivity index (χ2n) is 6.74. The van der Waals surface area contributed by atoms with Crippen molar-refractivity contribution in [1.82, 2.24) is 0 Å². The van der Waals surface area contributed by atoms with Crippen molar-refractivity contribution in [2.24, 2.45) is 4.99 Å². The molecule has 1 N–H and O–H groups in total. The normalized spacial score (nSPS) is 25.0. The molecule has 10 heteroatoms. The number of carbonyl (C=O) groups is 2. The number of carbonyl (C=O) groups excluding carboxylic acids is 1. The molecule has 0 radical (unpaired) electrons. The van der Waals surface area contributed by atoms with E-state index in [0.717, 1.165) is 21.3 Å². The van der Waals surface area contributed by atoms with Crippen molar-refractivity contribution < 1.29 is 23.1 Å². The number of thioether (sulfide) groups is 1. The fraction of sp³-hybridized carbons (Fsp3) is 0.471. The number of aliphatic imine (C=N–C) groups is 1. The van der Waals surface area contributed by atoms with Gasteiger partial charge in [0.15, 0.2) is 15.0 Å². The molecule has 0 bridgehead atoms. The van der Waals surface area contributed by atoms with Gasteiger partial charge in [0.05, 0.1) is 24.0 Å². The lowest BCUT2D eigenvalue weighted by molar-refractivity contribution is -0.138. The maximum atomic E-state index is 12.1. The SMILES string of the molecule is Cc1cc(Br)cc(C)c1N1C(=NC(=O)CCC(=O)O)SC2CS(=O)(=O)CC21. The average Bonchev–Trinajstić information content (AvgIpc) is 2.97. The van der Waals surface area contributed by atoms with Crippen LogP contribution in [0.15, 0.2) is 21.6 Å². The zero-order valence-electron chi connectivity index (χ0n) is 14.8. The summed E-state index contributed by atoms with van der Waals surface area (Å²) < 4.78 is 25.2. The van der Waals surface area contributed by atoms with Crippen LogP contribution in [0.2, 0.25) is 0 Å². The smallest absolute Gasteiger partial charge is 0.303 e. The molecule has 2 aliphatic heterocycles. The van der Waals surface area contributed by atoms with Gasteiger partial charge in [0, 0.05) is 21.8 Å². The van der Waals surface area contributed by atoms with E-state index < -0.39 is 21.7 Å². The predicted octanol–water partition coefficient (Wildman–Crippen LogP) is 2.53. The molecule has 2 atom stereocenters. The molecule has 2 aliphatic rings. The lowest BCUT2D eigenvalue weighted by Crippen LogP contribution is -2.38. The first kappa shape index (κ1) is 20.3. The fourth-order valence-electron chi connectivity index (χ4n) is 3.49. The minimum atomic E-state index is -3.14. The zero-order chi connectivity index (χ0) is 19.9. The van der Waals surface area contributed by atoms with Crippen LogP contribution in [0.5, 0.6) is 0 Å². The molecule has 2 unspecified atom stereocenters. The molecular weight excluding hydrogens is 456 g/mol. The molecule has 1 aromatic carbocycles. The Labute approximate surface area is 170 Å². The molecule has 0 aromatic heterocycles. The lowest BCUT2D eigenvalue weighted by atomic mass is 10.1. The van der Waals surface area contributed by atoms with E-state index in [1.807, 2.05) is 30.9 Å². The van der Waals surface area contributed by atoms with Gasteiger partial charge in [-0.15, -0.1) is 0 Å². The molecule has 2 saturated heterocycles. The highest BCUT2D eigenvalue weighted by Crippen LogP contribution is 2.43. The van der Waals surface area contributed by atoms with Crippen molar-refractivity contribution in [1.29, 1.82) is 0 Å². The maximum Gasteiger partial charge on any atom is 0.303 e. The molecule has 0 saturated carbocycles. The van der Waals surface area contributed by atoms with E-state index in [0.29, 0.717) is 5.17 Å². The van der Waals surface area contributed by atoms with E-state index in [2.05, 4.69) is 20.9 Å². The number of carboxylic acids is 1. The Morgan fingerprint density at radius 3 is 2.48 bits per heavy atom. The second kappa shape index (κ2) is 7.56. The van der Waals surface area contributed by atoms with Gasteiger partial charge < -0.3 is 10.0 Å². The molecule has 1 aromatic rings. The standard InChI is InChI=1S/C17H19BrN2O5S2/c1-9-5-11(18)6-10(2)16(9)20-12-7-27(24,25)8-13(12)26-17(20)19-14(21)3-4-15(22)23/h5-6,12-13H,3-4,7-8H2,1-2H3,(H,22,23). The Balaban J connectivity index is 2.02. The van der Waals surface area contributed by atoms with Crippen LogP contribution in [0.25, 0.3) is 0 Å². The van der Waals surface area contributed by atoms with Gasteiger partial charge in [0.25, 0.3) is 0 Å². The number of aliphatic carboxylic acids is 1. The monoisotopic (exact) mass is 474 g/mol. The first-order valence-corrected chi connectivity index (χ1v) is 11.8. The van der Waals surface area contributed by atoms with Gasteiger partial charge in [0.2, 0.25) is 5.91 Å². The van der Waals surface area contributed by atoms with Crippen LogP contribution in [0, 0.1) is 13.8 Å². The van der Waals surface area contributed by atoms with Gasteiger partial charge in [-0.1, -0.05) is 27.7 Å². The number of amidine groups is 1. The second-order valence-corrected chi connectivity index (χ2v) is 11.0. The largest absolute Gasteiger partial charge is 0.481 e. The third-order valence-electron chi connectivity index (χ3n) is 4.54. The van der Waals surface area contributed by atoms with E-state index in [4.69, 9.17) is 5.11 Å². The van der Waals surface area contributed by atoms with E-state index in [1.165, 1.54) is 11.8 Å². The van der Waals surface area contributed by atoms with E-state index >= 15 is 0 Å². The van der Waals surface area contributed by atoms with Crippen molar-refractivity contribution >= 4 is 60.3 Å². The number of hydrogen-bond donors (Lipinski definition) is 1. The van der Waals surface area contributed by atoms with Gasteiger partial charge in [-0.3, -0.25) is 9.59 Å². The van der Waals surface area contributed by atoms with Gasteiger partial charge in [-0.05, 0) is 37.1 Å². The third-order valence-corrected chi connectivity index (χ3v) is 8.20. The fourth-order valence-corrected chi connectivity index (χ4v) is 8.09. The van der Waals surface area contributed by atoms with Crippen molar-refractivity contribution in [2.45, 2.75) is 38.0 Å². The summed E-state index contributed by atoms with van der Waals surface area (Å²) >= 11 is 4.75. The molecule has 3 rings (SSSR count). The number of fused-ring (bicyclic) bond motifs is 1. The van der Waals surface area contributed by atoms with E-state index in [-0.39, 0.29) is 35.6 Å².